The molecule has 0 aliphatic heterocycles. The first-order chi connectivity index (χ1) is 13.2. The van der Waals surface area contributed by atoms with E-state index >= 15 is 0 Å². The van der Waals surface area contributed by atoms with Gasteiger partial charge in [0.25, 0.3) is 10.0 Å². The smallest absolute Gasteiger partial charge is 0.285 e. The van der Waals surface area contributed by atoms with Crippen LogP contribution in [0.4, 0.5) is 0 Å². The molecule has 28 heavy (non-hydrogen) atoms. The molecular formula is C22H26N2O2S2. The van der Waals surface area contributed by atoms with E-state index < -0.39 is 10.0 Å². The standard InChI is InChI=1S/C22H26N2O2S2/c1-15-20(22(2,3)4)27-21(24(15)14-16-12-13-16)23-28(25,26)19-11-7-9-17-8-5-6-10-18(17)19/h5-11,16H,12-14H2,1-4H3. The third kappa shape index (κ3) is 3.67. The number of benzene rings is 2. The van der Waals surface area contributed by atoms with Gasteiger partial charge in [-0.1, -0.05) is 57.2 Å². The van der Waals surface area contributed by atoms with Crippen LogP contribution < -0.4 is 4.80 Å². The van der Waals surface area contributed by atoms with E-state index in [-0.39, 0.29) is 10.3 Å². The number of sulfonamides is 1. The van der Waals surface area contributed by atoms with Crippen LogP contribution in [0.5, 0.6) is 0 Å². The third-order valence-electron chi connectivity index (χ3n) is 5.20. The molecular weight excluding hydrogens is 388 g/mol. The topological polar surface area (TPSA) is 51.4 Å². The molecule has 2 aromatic carbocycles. The summed E-state index contributed by atoms with van der Waals surface area (Å²) in [6.45, 7) is 9.42. The first-order valence-corrected chi connectivity index (χ1v) is 11.9. The number of rotatable bonds is 4. The van der Waals surface area contributed by atoms with Crippen molar-refractivity contribution >= 4 is 32.1 Å². The zero-order chi connectivity index (χ0) is 20.1. The molecule has 1 aliphatic carbocycles. The summed E-state index contributed by atoms with van der Waals surface area (Å²) in [4.78, 5) is 2.05. The Morgan fingerprint density at radius 1 is 1.11 bits per heavy atom. The Balaban J connectivity index is 1.92. The summed E-state index contributed by atoms with van der Waals surface area (Å²) in [5.74, 6) is 0.639. The Kier molecular flexibility index (Phi) is 4.74. The van der Waals surface area contributed by atoms with Crippen LogP contribution in [0.25, 0.3) is 10.8 Å². The van der Waals surface area contributed by atoms with E-state index in [1.807, 2.05) is 30.3 Å². The molecule has 0 unspecified atom stereocenters. The van der Waals surface area contributed by atoms with Crippen LogP contribution in [0.3, 0.4) is 0 Å². The van der Waals surface area contributed by atoms with Gasteiger partial charge in [0.05, 0.1) is 4.90 Å². The van der Waals surface area contributed by atoms with E-state index in [1.165, 1.54) is 29.1 Å². The van der Waals surface area contributed by atoms with Crippen molar-refractivity contribution in [2.45, 2.75) is 57.4 Å². The number of hydrogen-bond donors (Lipinski definition) is 0. The predicted molar refractivity (Wildman–Crippen MR) is 115 cm³/mol. The van der Waals surface area contributed by atoms with Crippen molar-refractivity contribution in [1.29, 1.82) is 0 Å². The largest absolute Gasteiger partial charge is 0.320 e. The molecule has 0 saturated heterocycles. The van der Waals surface area contributed by atoms with Crippen molar-refractivity contribution in [2.75, 3.05) is 0 Å². The van der Waals surface area contributed by atoms with Crippen molar-refractivity contribution in [3.05, 3.63) is 57.8 Å². The first kappa shape index (κ1) is 19.4. The van der Waals surface area contributed by atoms with Crippen LogP contribution >= 0.6 is 11.3 Å². The van der Waals surface area contributed by atoms with Crippen molar-refractivity contribution in [1.82, 2.24) is 4.57 Å². The Morgan fingerprint density at radius 3 is 2.46 bits per heavy atom. The maximum Gasteiger partial charge on any atom is 0.285 e. The molecule has 0 amide bonds. The van der Waals surface area contributed by atoms with E-state index in [2.05, 4.69) is 36.7 Å². The van der Waals surface area contributed by atoms with Gasteiger partial charge in [-0.3, -0.25) is 0 Å². The summed E-state index contributed by atoms with van der Waals surface area (Å²) in [6, 6.07) is 12.9. The van der Waals surface area contributed by atoms with Crippen molar-refractivity contribution in [3.8, 4) is 0 Å². The monoisotopic (exact) mass is 414 g/mol. The molecule has 4 rings (SSSR count). The second-order valence-electron chi connectivity index (χ2n) is 8.65. The van der Waals surface area contributed by atoms with Crippen molar-refractivity contribution < 1.29 is 8.42 Å². The molecule has 1 fully saturated rings. The fourth-order valence-corrected chi connectivity index (χ4v) is 6.22. The van der Waals surface area contributed by atoms with E-state index in [9.17, 15) is 8.42 Å². The molecule has 0 N–H and O–H groups in total. The fourth-order valence-electron chi connectivity index (χ4n) is 3.60. The Labute approximate surface area is 170 Å². The molecule has 1 aromatic heterocycles. The Bertz CT molecular complexity index is 1200. The average Bonchev–Trinajstić information content (AvgIpc) is 3.40. The lowest BCUT2D eigenvalue weighted by Crippen LogP contribution is -2.20. The van der Waals surface area contributed by atoms with E-state index in [0.29, 0.717) is 16.1 Å². The minimum Gasteiger partial charge on any atom is -0.320 e. The van der Waals surface area contributed by atoms with Crippen LogP contribution in [0.1, 0.15) is 44.2 Å². The van der Waals surface area contributed by atoms with Gasteiger partial charge in [-0.25, -0.2) is 0 Å². The van der Waals surface area contributed by atoms with Gasteiger partial charge in [-0.15, -0.1) is 15.7 Å². The van der Waals surface area contributed by atoms with Crippen LogP contribution in [0.15, 0.2) is 51.8 Å². The summed E-state index contributed by atoms with van der Waals surface area (Å²) in [6.07, 6.45) is 2.42. The minimum absolute atomic E-state index is 0.0446. The third-order valence-corrected chi connectivity index (χ3v) is 8.25. The lowest BCUT2D eigenvalue weighted by atomic mass is 9.93. The summed E-state index contributed by atoms with van der Waals surface area (Å²) >= 11 is 1.51. The van der Waals surface area contributed by atoms with E-state index in [0.717, 1.165) is 17.6 Å². The zero-order valence-corrected chi connectivity index (χ0v) is 18.4. The van der Waals surface area contributed by atoms with Gasteiger partial charge in [0.2, 0.25) is 4.80 Å². The first-order valence-electron chi connectivity index (χ1n) is 9.66. The maximum absolute atomic E-state index is 13.3. The van der Waals surface area contributed by atoms with Gasteiger partial charge >= 0.3 is 0 Å². The molecule has 1 aliphatic rings. The zero-order valence-electron chi connectivity index (χ0n) is 16.8. The highest BCUT2D eigenvalue weighted by atomic mass is 32.2. The number of nitrogens with zero attached hydrogens (tertiary/aromatic N) is 2. The summed E-state index contributed by atoms with van der Waals surface area (Å²) < 4.78 is 33.0. The molecule has 1 heterocycles. The quantitative estimate of drug-likeness (QED) is 0.603. The second-order valence-corrected chi connectivity index (χ2v) is 11.2. The highest BCUT2D eigenvalue weighted by Crippen LogP contribution is 2.34. The van der Waals surface area contributed by atoms with Crippen molar-refractivity contribution in [2.24, 2.45) is 10.3 Å². The molecule has 3 aromatic rings. The number of fused-ring (bicyclic) bond motifs is 1. The normalized spacial score (nSPS) is 16.1. The second kappa shape index (κ2) is 6.85. The summed E-state index contributed by atoms with van der Waals surface area (Å²) in [7, 11) is -3.81. The molecule has 0 atom stereocenters. The molecule has 1 saturated carbocycles. The lowest BCUT2D eigenvalue weighted by Gasteiger charge is -2.17. The minimum atomic E-state index is -3.81. The van der Waals surface area contributed by atoms with E-state index in [1.54, 1.807) is 12.1 Å². The van der Waals surface area contributed by atoms with Gasteiger partial charge in [-0.05, 0) is 42.6 Å². The molecule has 0 radical (unpaired) electrons. The van der Waals surface area contributed by atoms with Crippen LogP contribution in [0.2, 0.25) is 0 Å². The summed E-state index contributed by atoms with van der Waals surface area (Å²) in [5, 5.41) is 1.62. The number of aromatic nitrogens is 1. The molecule has 4 nitrogen and oxygen atoms in total. The molecule has 6 heteroatoms. The lowest BCUT2D eigenvalue weighted by molar-refractivity contribution is 0.562. The van der Waals surface area contributed by atoms with Gasteiger partial charge in [0.15, 0.2) is 0 Å². The average molecular weight is 415 g/mol. The molecule has 0 spiro atoms. The fraction of sp³-hybridized carbons (Fsp3) is 0.409. The van der Waals surface area contributed by atoms with Gasteiger partial charge in [0, 0.05) is 22.5 Å². The summed E-state index contributed by atoms with van der Waals surface area (Å²) in [5.41, 5.74) is 1.09. The van der Waals surface area contributed by atoms with Crippen molar-refractivity contribution in [3.63, 3.8) is 0 Å². The Morgan fingerprint density at radius 2 is 1.79 bits per heavy atom. The highest BCUT2D eigenvalue weighted by molar-refractivity contribution is 7.90. The number of thiazole rings is 1. The van der Waals surface area contributed by atoms with Gasteiger partial charge in [0.1, 0.15) is 0 Å². The molecule has 0 bridgehead atoms. The van der Waals surface area contributed by atoms with Gasteiger partial charge < -0.3 is 4.57 Å². The van der Waals surface area contributed by atoms with E-state index in [4.69, 9.17) is 0 Å². The maximum atomic E-state index is 13.3. The molecule has 148 valence electrons. The van der Waals surface area contributed by atoms with Gasteiger partial charge in [-0.2, -0.15) is 8.42 Å². The van der Waals surface area contributed by atoms with Crippen LogP contribution in [-0.4, -0.2) is 13.0 Å². The number of hydrogen-bond acceptors (Lipinski definition) is 3. The van der Waals surface area contributed by atoms with Crippen LogP contribution in [-0.2, 0) is 22.0 Å². The Hall–Kier alpha value is -1.92. The highest BCUT2D eigenvalue weighted by Gasteiger charge is 2.28. The van der Waals surface area contributed by atoms with Crippen LogP contribution in [0, 0.1) is 12.8 Å². The predicted octanol–water partition coefficient (Wildman–Crippen LogP) is 5.01. The SMILES string of the molecule is Cc1c(C(C)(C)C)sc(=NS(=O)(=O)c2cccc3ccccc23)n1CC1CC1.